The molecule has 1 atom stereocenters. The number of carbonyl (C=O) groups is 1. The number of ketones is 1. The lowest BCUT2D eigenvalue weighted by molar-refractivity contribution is 0.0993. The molecule has 0 bridgehead atoms. The number of hydrogen-bond donors (Lipinski definition) is 0. The van der Waals surface area contributed by atoms with Crippen LogP contribution in [0.15, 0.2) is 58.2 Å². The van der Waals surface area contributed by atoms with Crippen molar-refractivity contribution < 1.29 is 13.6 Å². The number of hydrogen-bond acceptors (Lipinski definition) is 5. The minimum absolute atomic E-state index is 0.0226. The first-order valence-corrected chi connectivity index (χ1v) is 8.28. The number of benzene rings is 2. The van der Waals surface area contributed by atoms with Crippen molar-refractivity contribution >= 4 is 17.5 Å². The number of Topliss-reactive ketones (excluding diaryl/α,β-unsaturated/α-hetero) is 1. The smallest absolute Gasteiger partial charge is 0.277 e. The van der Waals surface area contributed by atoms with Crippen LogP contribution >= 0.6 is 11.8 Å². The second kappa shape index (κ2) is 6.97. The Morgan fingerprint density at radius 2 is 1.83 bits per heavy atom. The van der Waals surface area contributed by atoms with Crippen molar-refractivity contribution in [3.8, 4) is 11.5 Å². The van der Waals surface area contributed by atoms with Crippen LogP contribution in [0.2, 0.25) is 0 Å². The number of aryl methyl sites for hydroxylation is 1. The summed E-state index contributed by atoms with van der Waals surface area (Å²) in [4.78, 5) is 12.4. The number of carbonyl (C=O) groups excluding carboxylic acids is 1. The van der Waals surface area contributed by atoms with Gasteiger partial charge in [0.05, 0.1) is 10.8 Å². The van der Waals surface area contributed by atoms with E-state index in [1.165, 1.54) is 6.07 Å². The Morgan fingerprint density at radius 1 is 1.12 bits per heavy atom. The quantitative estimate of drug-likeness (QED) is 0.503. The van der Waals surface area contributed by atoms with Gasteiger partial charge in [-0.3, -0.25) is 4.79 Å². The summed E-state index contributed by atoms with van der Waals surface area (Å²) in [5.74, 6) is -0.349. The molecule has 0 amide bonds. The van der Waals surface area contributed by atoms with Crippen LogP contribution < -0.4 is 0 Å². The molecule has 0 aliphatic rings. The van der Waals surface area contributed by atoms with Gasteiger partial charge in [-0.2, -0.15) is 0 Å². The van der Waals surface area contributed by atoms with Crippen LogP contribution in [0.4, 0.5) is 4.39 Å². The summed E-state index contributed by atoms with van der Waals surface area (Å²) in [5.41, 5.74) is 1.97. The first kappa shape index (κ1) is 16.4. The molecule has 6 heteroatoms. The van der Waals surface area contributed by atoms with Crippen molar-refractivity contribution in [2.45, 2.75) is 24.3 Å². The zero-order valence-electron chi connectivity index (χ0n) is 13.2. The van der Waals surface area contributed by atoms with E-state index in [2.05, 4.69) is 10.2 Å². The lowest BCUT2D eigenvalue weighted by Gasteiger charge is -2.07. The van der Waals surface area contributed by atoms with Crippen molar-refractivity contribution in [3.05, 3.63) is 65.5 Å². The van der Waals surface area contributed by atoms with Gasteiger partial charge in [0.15, 0.2) is 5.78 Å². The van der Waals surface area contributed by atoms with Crippen LogP contribution in [0.1, 0.15) is 22.8 Å². The molecular weight excluding hydrogens is 327 g/mol. The number of nitrogens with zero attached hydrogens (tertiary/aromatic N) is 2. The lowest BCUT2D eigenvalue weighted by atomic mass is 10.1. The average Bonchev–Trinajstić information content (AvgIpc) is 3.03. The fourth-order valence-electron chi connectivity index (χ4n) is 2.16. The monoisotopic (exact) mass is 342 g/mol. The molecule has 0 N–H and O–H groups in total. The SMILES string of the molecule is Cc1ccc(C(=O)[C@@H](C)Sc2nnc(-c3ccccc3F)o2)cc1. The Bertz CT molecular complexity index is 861. The van der Waals surface area contributed by atoms with Crippen molar-refractivity contribution in [2.24, 2.45) is 0 Å². The van der Waals surface area contributed by atoms with Gasteiger partial charge in [0, 0.05) is 5.56 Å². The zero-order chi connectivity index (χ0) is 17.1. The summed E-state index contributed by atoms with van der Waals surface area (Å²) in [6.45, 7) is 3.74. The number of halogens is 1. The second-order valence-corrected chi connectivity index (χ2v) is 6.64. The minimum Gasteiger partial charge on any atom is -0.411 e. The summed E-state index contributed by atoms with van der Waals surface area (Å²) in [6, 6.07) is 13.6. The maximum absolute atomic E-state index is 13.7. The van der Waals surface area contributed by atoms with Crippen molar-refractivity contribution in [1.29, 1.82) is 0 Å². The Kier molecular flexibility index (Phi) is 4.76. The molecule has 0 unspecified atom stereocenters. The van der Waals surface area contributed by atoms with E-state index in [-0.39, 0.29) is 27.7 Å². The average molecular weight is 342 g/mol. The normalized spacial score (nSPS) is 12.1. The highest BCUT2D eigenvalue weighted by Crippen LogP contribution is 2.28. The van der Waals surface area contributed by atoms with Gasteiger partial charge in [0.1, 0.15) is 5.82 Å². The number of rotatable bonds is 5. The third-order valence-electron chi connectivity index (χ3n) is 3.49. The van der Waals surface area contributed by atoms with Gasteiger partial charge in [-0.25, -0.2) is 4.39 Å². The van der Waals surface area contributed by atoms with E-state index in [1.807, 2.05) is 19.1 Å². The molecule has 4 nitrogen and oxygen atoms in total. The fraction of sp³-hybridized carbons (Fsp3) is 0.167. The highest BCUT2D eigenvalue weighted by atomic mass is 32.2. The molecule has 3 aromatic rings. The van der Waals surface area contributed by atoms with Gasteiger partial charge in [-0.15, -0.1) is 10.2 Å². The first-order valence-electron chi connectivity index (χ1n) is 7.40. The summed E-state index contributed by atoms with van der Waals surface area (Å²) < 4.78 is 19.2. The van der Waals surface area contributed by atoms with Gasteiger partial charge >= 0.3 is 0 Å². The van der Waals surface area contributed by atoms with E-state index >= 15 is 0 Å². The molecule has 0 spiro atoms. The van der Waals surface area contributed by atoms with Crippen molar-refractivity contribution in [3.63, 3.8) is 0 Å². The van der Waals surface area contributed by atoms with E-state index < -0.39 is 5.82 Å². The molecule has 24 heavy (non-hydrogen) atoms. The summed E-state index contributed by atoms with van der Waals surface area (Å²) in [7, 11) is 0. The van der Waals surface area contributed by atoms with Gasteiger partial charge in [-0.05, 0) is 26.0 Å². The number of thioether (sulfide) groups is 1. The van der Waals surface area contributed by atoms with Gasteiger partial charge in [0.2, 0.25) is 0 Å². The summed E-state index contributed by atoms with van der Waals surface area (Å²) in [5, 5.41) is 7.60. The topological polar surface area (TPSA) is 56.0 Å². The van der Waals surface area contributed by atoms with Crippen molar-refractivity contribution in [1.82, 2.24) is 10.2 Å². The predicted octanol–water partition coefficient (Wildman–Crippen LogP) is 4.55. The van der Waals surface area contributed by atoms with E-state index in [4.69, 9.17) is 4.42 Å². The Morgan fingerprint density at radius 3 is 2.54 bits per heavy atom. The molecule has 0 aliphatic heterocycles. The minimum atomic E-state index is -0.429. The van der Waals surface area contributed by atoms with Gasteiger partial charge in [0.25, 0.3) is 11.1 Å². The predicted molar refractivity (Wildman–Crippen MR) is 90.5 cm³/mol. The lowest BCUT2D eigenvalue weighted by Crippen LogP contribution is -2.13. The van der Waals surface area contributed by atoms with Gasteiger partial charge in [-0.1, -0.05) is 53.7 Å². The van der Waals surface area contributed by atoms with Crippen molar-refractivity contribution in [2.75, 3.05) is 0 Å². The number of aromatic nitrogens is 2. The molecule has 0 saturated heterocycles. The molecule has 122 valence electrons. The molecule has 0 radical (unpaired) electrons. The van der Waals surface area contributed by atoms with Crippen LogP contribution in [0.5, 0.6) is 0 Å². The zero-order valence-corrected chi connectivity index (χ0v) is 14.0. The standard InChI is InChI=1S/C18H15FN2O2S/c1-11-7-9-13(10-8-11)16(22)12(2)24-18-21-20-17(23-18)14-5-3-4-6-15(14)19/h3-10,12H,1-2H3/t12-/m1/s1. The van der Waals surface area contributed by atoms with Crippen LogP contribution in [0.3, 0.4) is 0 Å². The van der Waals surface area contributed by atoms with Crippen LogP contribution in [0.25, 0.3) is 11.5 Å². The summed E-state index contributed by atoms with van der Waals surface area (Å²) >= 11 is 1.16. The molecule has 0 aliphatic carbocycles. The largest absolute Gasteiger partial charge is 0.411 e. The maximum atomic E-state index is 13.7. The second-order valence-electron chi connectivity index (χ2n) is 5.34. The third kappa shape index (κ3) is 3.54. The highest BCUT2D eigenvalue weighted by molar-refractivity contribution is 8.00. The molecule has 0 fully saturated rings. The first-order chi connectivity index (χ1) is 11.5. The van der Waals surface area contributed by atoms with E-state index in [1.54, 1.807) is 37.3 Å². The van der Waals surface area contributed by atoms with E-state index in [0.717, 1.165) is 17.3 Å². The van der Waals surface area contributed by atoms with Crippen LogP contribution in [-0.4, -0.2) is 21.2 Å². The van der Waals surface area contributed by atoms with Crippen LogP contribution in [-0.2, 0) is 0 Å². The third-order valence-corrected chi connectivity index (χ3v) is 4.43. The molecule has 3 rings (SSSR count). The van der Waals surface area contributed by atoms with Crippen LogP contribution in [0, 0.1) is 12.7 Å². The summed E-state index contributed by atoms with van der Waals surface area (Å²) in [6.07, 6.45) is 0. The fourth-order valence-corrected chi connectivity index (χ4v) is 2.92. The molecule has 2 aromatic carbocycles. The molecule has 1 heterocycles. The van der Waals surface area contributed by atoms with Gasteiger partial charge < -0.3 is 4.42 Å². The van der Waals surface area contributed by atoms with E-state index in [9.17, 15) is 9.18 Å². The molecular formula is C18H15FN2O2S. The Balaban J connectivity index is 1.73. The highest BCUT2D eigenvalue weighted by Gasteiger charge is 2.20. The molecule has 0 saturated carbocycles. The maximum Gasteiger partial charge on any atom is 0.277 e. The molecule has 1 aromatic heterocycles. The Hall–Kier alpha value is -2.47. The van der Waals surface area contributed by atoms with E-state index in [0.29, 0.717) is 5.56 Å². The Labute approximate surface area is 143 Å².